The molecule has 0 aliphatic rings. The minimum atomic E-state index is -3.91. The number of sulfonamides is 1. The second-order valence-electron chi connectivity index (χ2n) is 4.50. The van der Waals surface area contributed by atoms with E-state index in [0.717, 1.165) is 6.07 Å². The number of nitriles is 1. The molecule has 0 aliphatic heterocycles. The van der Waals surface area contributed by atoms with Gasteiger partial charge in [0.15, 0.2) is 0 Å². The Morgan fingerprint density at radius 3 is 2.62 bits per heavy atom. The van der Waals surface area contributed by atoms with Gasteiger partial charge in [-0.25, -0.2) is 17.9 Å². The molecule has 114 valence electrons. The van der Waals surface area contributed by atoms with Crippen LogP contribution in [0, 0.1) is 18.3 Å². The molecule has 0 spiro atoms. The molecule has 0 saturated carbocycles. The Kier molecular flexibility index (Phi) is 5.89. The number of carboxylic acid groups (broad SMARTS) is 1. The molecule has 21 heavy (non-hydrogen) atoms. The van der Waals surface area contributed by atoms with E-state index in [9.17, 15) is 13.2 Å². The molecule has 1 aromatic rings. The number of hydrogen-bond donors (Lipinski definition) is 2. The molecular weight excluding hydrogens is 360 g/mol. The van der Waals surface area contributed by atoms with Crippen LogP contribution in [-0.4, -0.2) is 25.5 Å². The number of halogens is 1. The van der Waals surface area contributed by atoms with Gasteiger partial charge >= 0.3 is 5.97 Å². The number of aromatic carboxylic acids is 1. The monoisotopic (exact) mass is 374 g/mol. The van der Waals surface area contributed by atoms with E-state index in [1.165, 1.54) is 6.07 Å². The molecule has 0 amide bonds. The van der Waals surface area contributed by atoms with Crippen LogP contribution in [0.4, 0.5) is 0 Å². The first kappa shape index (κ1) is 17.6. The normalized spacial score (nSPS) is 12.7. The van der Waals surface area contributed by atoms with E-state index >= 15 is 0 Å². The molecule has 2 N–H and O–H groups in total. The highest BCUT2D eigenvalue weighted by Crippen LogP contribution is 2.27. The van der Waals surface area contributed by atoms with Gasteiger partial charge in [-0.05, 0) is 47.0 Å². The fraction of sp³-hybridized carbons (Fsp3) is 0.385. The molecule has 6 nitrogen and oxygen atoms in total. The molecule has 1 unspecified atom stereocenters. The number of carbonyl (C=O) groups is 1. The van der Waals surface area contributed by atoms with Crippen LogP contribution in [0.1, 0.15) is 35.7 Å². The van der Waals surface area contributed by atoms with E-state index in [1.807, 2.05) is 6.07 Å². The molecule has 1 atom stereocenters. The van der Waals surface area contributed by atoms with E-state index in [1.54, 1.807) is 13.8 Å². The van der Waals surface area contributed by atoms with Crippen molar-refractivity contribution in [3.05, 3.63) is 27.7 Å². The number of rotatable bonds is 6. The van der Waals surface area contributed by atoms with Gasteiger partial charge in [-0.1, -0.05) is 6.92 Å². The quantitative estimate of drug-likeness (QED) is 0.794. The van der Waals surface area contributed by atoms with E-state index in [0.29, 0.717) is 16.5 Å². The number of carboxylic acids is 1. The van der Waals surface area contributed by atoms with Crippen LogP contribution >= 0.6 is 15.9 Å². The van der Waals surface area contributed by atoms with Crippen molar-refractivity contribution in [2.45, 2.75) is 37.6 Å². The summed E-state index contributed by atoms with van der Waals surface area (Å²) in [6.45, 7) is 3.38. The summed E-state index contributed by atoms with van der Waals surface area (Å²) in [5, 5.41) is 17.7. The van der Waals surface area contributed by atoms with Crippen LogP contribution < -0.4 is 4.72 Å². The Bertz CT molecular complexity index is 695. The Balaban J connectivity index is 3.31. The van der Waals surface area contributed by atoms with E-state index in [-0.39, 0.29) is 16.9 Å². The molecule has 8 heteroatoms. The van der Waals surface area contributed by atoms with Crippen LogP contribution in [0.25, 0.3) is 0 Å². The van der Waals surface area contributed by atoms with Crippen molar-refractivity contribution in [1.29, 1.82) is 5.26 Å². The van der Waals surface area contributed by atoms with Gasteiger partial charge in [0.1, 0.15) is 0 Å². The molecule has 0 saturated heterocycles. The fourth-order valence-corrected chi connectivity index (χ4v) is 4.08. The molecule has 0 fully saturated rings. The van der Waals surface area contributed by atoms with E-state index in [2.05, 4.69) is 20.7 Å². The third-order valence-corrected chi connectivity index (χ3v) is 5.77. The van der Waals surface area contributed by atoms with Crippen LogP contribution in [0.2, 0.25) is 0 Å². The summed E-state index contributed by atoms with van der Waals surface area (Å²) in [7, 11) is -3.91. The Labute approximate surface area is 132 Å². The zero-order valence-electron chi connectivity index (χ0n) is 11.6. The predicted octanol–water partition coefficient (Wildman–Crippen LogP) is 2.43. The van der Waals surface area contributed by atoms with Crippen molar-refractivity contribution < 1.29 is 18.3 Å². The van der Waals surface area contributed by atoms with Gasteiger partial charge in [0.2, 0.25) is 10.0 Å². The average molecular weight is 375 g/mol. The lowest BCUT2D eigenvalue weighted by Crippen LogP contribution is -2.34. The molecule has 1 rings (SSSR count). The summed E-state index contributed by atoms with van der Waals surface area (Å²) >= 11 is 3.17. The summed E-state index contributed by atoms with van der Waals surface area (Å²) in [6, 6.07) is 3.89. The zero-order valence-corrected chi connectivity index (χ0v) is 14.0. The summed E-state index contributed by atoms with van der Waals surface area (Å²) in [5.41, 5.74) is 0.396. The Morgan fingerprint density at radius 1 is 1.52 bits per heavy atom. The Morgan fingerprint density at radius 2 is 2.14 bits per heavy atom. The first-order valence-corrected chi connectivity index (χ1v) is 8.43. The van der Waals surface area contributed by atoms with Gasteiger partial charge in [0, 0.05) is 10.5 Å². The topological polar surface area (TPSA) is 107 Å². The van der Waals surface area contributed by atoms with Gasteiger partial charge < -0.3 is 5.11 Å². The van der Waals surface area contributed by atoms with E-state index < -0.39 is 22.0 Å². The van der Waals surface area contributed by atoms with Gasteiger partial charge in [-0.3, -0.25) is 0 Å². The number of benzene rings is 1. The molecule has 0 bridgehead atoms. The van der Waals surface area contributed by atoms with Crippen molar-refractivity contribution in [1.82, 2.24) is 4.72 Å². The molecule has 0 aromatic heterocycles. The first-order chi connectivity index (χ1) is 9.72. The highest BCUT2D eigenvalue weighted by Gasteiger charge is 2.24. The SMILES string of the molecule is CCC(CC#N)NS(=O)(=O)c1cc(C(=O)O)cc(C)c1Br. The van der Waals surface area contributed by atoms with Crippen molar-refractivity contribution in [3.63, 3.8) is 0 Å². The van der Waals surface area contributed by atoms with Gasteiger partial charge in [-0.2, -0.15) is 5.26 Å². The van der Waals surface area contributed by atoms with Crippen molar-refractivity contribution in [2.75, 3.05) is 0 Å². The number of nitrogens with one attached hydrogen (secondary N) is 1. The summed E-state index contributed by atoms with van der Waals surface area (Å²) in [6.07, 6.45) is 0.507. The largest absolute Gasteiger partial charge is 0.478 e. The highest BCUT2D eigenvalue weighted by atomic mass is 79.9. The van der Waals surface area contributed by atoms with Crippen LogP contribution in [0.15, 0.2) is 21.5 Å². The van der Waals surface area contributed by atoms with Crippen molar-refractivity contribution in [3.8, 4) is 6.07 Å². The minimum absolute atomic E-state index is 0.0466. The number of aryl methyl sites for hydroxylation is 1. The maximum Gasteiger partial charge on any atom is 0.335 e. The molecule has 0 heterocycles. The second kappa shape index (κ2) is 7.02. The van der Waals surface area contributed by atoms with Crippen molar-refractivity contribution in [2.24, 2.45) is 0 Å². The predicted molar refractivity (Wildman–Crippen MR) is 80.5 cm³/mol. The van der Waals surface area contributed by atoms with E-state index in [4.69, 9.17) is 10.4 Å². The maximum absolute atomic E-state index is 12.4. The lowest BCUT2D eigenvalue weighted by atomic mass is 10.1. The molecular formula is C13H15BrN2O4S. The van der Waals surface area contributed by atoms with Crippen LogP contribution in [-0.2, 0) is 10.0 Å². The van der Waals surface area contributed by atoms with Crippen LogP contribution in [0.3, 0.4) is 0 Å². The number of hydrogen-bond acceptors (Lipinski definition) is 4. The zero-order chi connectivity index (χ0) is 16.2. The lowest BCUT2D eigenvalue weighted by molar-refractivity contribution is 0.0696. The maximum atomic E-state index is 12.4. The third-order valence-electron chi connectivity index (χ3n) is 2.91. The summed E-state index contributed by atoms with van der Waals surface area (Å²) < 4.78 is 27.5. The average Bonchev–Trinajstić information content (AvgIpc) is 2.40. The van der Waals surface area contributed by atoms with Gasteiger partial charge in [-0.15, -0.1) is 0 Å². The van der Waals surface area contributed by atoms with Gasteiger partial charge in [0.05, 0.1) is 22.9 Å². The fourth-order valence-electron chi connectivity index (χ4n) is 1.72. The summed E-state index contributed by atoms with van der Waals surface area (Å²) in [4.78, 5) is 10.9. The van der Waals surface area contributed by atoms with Crippen molar-refractivity contribution >= 4 is 31.9 Å². The number of nitrogens with zero attached hydrogens (tertiary/aromatic N) is 1. The first-order valence-electron chi connectivity index (χ1n) is 6.15. The molecule has 0 aliphatic carbocycles. The second-order valence-corrected chi connectivity index (χ2v) is 6.97. The molecule has 0 radical (unpaired) electrons. The minimum Gasteiger partial charge on any atom is -0.478 e. The smallest absolute Gasteiger partial charge is 0.335 e. The summed E-state index contributed by atoms with van der Waals surface area (Å²) in [5.74, 6) is -1.20. The standard InChI is InChI=1S/C13H15BrN2O4S/c1-3-10(4-5-15)16-21(19,20)11-7-9(13(17)18)6-8(2)12(11)14/h6-7,10,16H,3-4H2,1-2H3,(H,17,18). The third kappa shape index (κ3) is 4.27. The molecule has 1 aromatic carbocycles. The lowest BCUT2D eigenvalue weighted by Gasteiger charge is -2.16. The highest BCUT2D eigenvalue weighted by molar-refractivity contribution is 9.10. The van der Waals surface area contributed by atoms with Crippen LogP contribution in [0.5, 0.6) is 0 Å². The Hall–Kier alpha value is -1.43. The van der Waals surface area contributed by atoms with Gasteiger partial charge in [0.25, 0.3) is 0 Å².